The quantitative estimate of drug-likeness (QED) is 0.296. The monoisotopic (exact) mass is 463 g/mol. The first kappa shape index (κ1) is 22.4. The molecule has 2 N–H and O–H groups in total. The average Bonchev–Trinajstić information content (AvgIpc) is 3.29. The first-order valence-corrected chi connectivity index (χ1v) is 10.0. The van der Waals surface area contributed by atoms with E-state index in [9.17, 15) is 9.59 Å². The molecular weight excluding hydrogens is 442 g/mol. The lowest BCUT2D eigenvalue weighted by atomic mass is 10.2. The predicted octanol–water partition coefficient (Wildman–Crippen LogP) is 4.04. The van der Waals surface area contributed by atoms with E-state index in [-0.39, 0.29) is 5.82 Å². The lowest BCUT2D eigenvalue weighted by molar-refractivity contribution is -0.107. The third-order valence-corrected chi connectivity index (χ3v) is 4.74. The van der Waals surface area contributed by atoms with Crippen molar-refractivity contribution in [3.63, 3.8) is 0 Å². The highest BCUT2D eigenvalue weighted by Crippen LogP contribution is 2.36. The zero-order valence-corrected chi connectivity index (χ0v) is 18.6. The molecule has 0 saturated heterocycles. The Balaban J connectivity index is 1.45. The van der Waals surface area contributed by atoms with E-state index in [1.807, 2.05) is 0 Å². The normalized spacial score (nSPS) is 10.4. The molecule has 0 aliphatic rings. The molecular formula is C23H21N5O6. The van der Waals surface area contributed by atoms with Gasteiger partial charge in [-0.3, -0.25) is 9.78 Å². The number of hydrogen-bond acceptors (Lipinski definition) is 8. The van der Waals surface area contributed by atoms with Crippen molar-refractivity contribution in [2.75, 3.05) is 24.5 Å². The number of nitrogens with zero attached hydrogens (tertiary/aromatic N) is 3. The van der Waals surface area contributed by atoms with Gasteiger partial charge in [0.1, 0.15) is 17.3 Å². The molecule has 4 aromatic rings. The van der Waals surface area contributed by atoms with Crippen LogP contribution in [-0.2, 0) is 4.79 Å². The molecule has 11 nitrogen and oxygen atoms in total. The van der Waals surface area contributed by atoms with Crippen molar-refractivity contribution in [2.45, 2.75) is 6.92 Å². The molecule has 2 aromatic heterocycles. The second-order valence-corrected chi connectivity index (χ2v) is 7.00. The van der Waals surface area contributed by atoms with Crippen LogP contribution < -0.4 is 30.0 Å². The van der Waals surface area contributed by atoms with Gasteiger partial charge in [0, 0.05) is 29.4 Å². The summed E-state index contributed by atoms with van der Waals surface area (Å²) in [5, 5.41) is 7.96. The summed E-state index contributed by atoms with van der Waals surface area (Å²) < 4.78 is 21.6. The third kappa shape index (κ3) is 4.83. The molecule has 174 valence electrons. The van der Waals surface area contributed by atoms with Gasteiger partial charge >= 0.3 is 6.03 Å². The number of urea groups is 1. The van der Waals surface area contributed by atoms with Crippen molar-refractivity contribution >= 4 is 34.8 Å². The Morgan fingerprint density at radius 2 is 1.76 bits per heavy atom. The largest absolute Gasteiger partial charge is 0.493 e. The maximum atomic E-state index is 12.3. The van der Waals surface area contributed by atoms with Gasteiger partial charge in [0.25, 0.3) is 0 Å². The smallest absolute Gasteiger partial charge is 0.338 e. The fourth-order valence-corrected chi connectivity index (χ4v) is 3.14. The number of benzene rings is 2. The van der Waals surface area contributed by atoms with E-state index in [4.69, 9.17) is 18.7 Å². The van der Waals surface area contributed by atoms with E-state index >= 15 is 0 Å². The number of ether oxygens (including phenoxy) is 3. The fraction of sp³-hybridized carbons (Fsp3) is 0.130. The van der Waals surface area contributed by atoms with Crippen LogP contribution in [0.5, 0.6) is 23.0 Å². The van der Waals surface area contributed by atoms with E-state index in [1.54, 1.807) is 69.8 Å². The molecule has 0 aliphatic heterocycles. The molecule has 0 spiro atoms. The number of carbonyl (C=O) groups is 2. The van der Waals surface area contributed by atoms with Crippen LogP contribution in [0.3, 0.4) is 0 Å². The summed E-state index contributed by atoms with van der Waals surface area (Å²) in [7, 11) is 3.12. The Kier molecular flexibility index (Phi) is 6.44. The van der Waals surface area contributed by atoms with Crippen LogP contribution in [0, 0.1) is 6.92 Å². The number of hydrogen-bond donors (Lipinski definition) is 2. The van der Waals surface area contributed by atoms with Crippen LogP contribution in [0.4, 0.5) is 16.3 Å². The van der Waals surface area contributed by atoms with Gasteiger partial charge in [-0.1, -0.05) is 5.16 Å². The van der Waals surface area contributed by atoms with Gasteiger partial charge in [0.05, 0.1) is 19.7 Å². The fourth-order valence-electron chi connectivity index (χ4n) is 3.14. The van der Waals surface area contributed by atoms with Crippen molar-refractivity contribution in [3.8, 4) is 23.0 Å². The summed E-state index contributed by atoms with van der Waals surface area (Å²) >= 11 is 0. The van der Waals surface area contributed by atoms with Gasteiger partial charge in [-0.15, -0.1) is 0 Å². The van der Waals surface area contributed by atoms with Gasteiger partial charge < -0.3 is 24.1 Å². The first-order chi connectivity index (χ1) is 16.5. The lowest BCUT2D eigenvalue weighted by Crippen LogP contribution is -2.44. The number of fused-ring (bicyclic) bond motifs is 1. The molecule has 0 saturated carbocycles. The molecule has 0 bridgehead atoms. The minimum Gasteiger partial charge on any atom is -0.493 e. The van der Waals surface area contributed by atoms with Gasteiger partial charge in [-0.25, -0.2) is 15.2 Å². The Morgan fingerprint density at radius 3 is 2.41 bits per heavy atom. The Labute approximate surface area is 194 Å². The van der Waals surface area contributed by atoms with Crippen LogP contribution in [0.2, 0.25) is 0 Å². The summed E-state index contributed by atoms with van der Waals surface area (Å²) in [5.74, 6) is 2.91. The minimum atomic E-state index is -0.636. The van der Waals surface area contributed by atoms with Crippen LogP contribution in [0.15, 0.2) is 59.3 Å². The SMILES string of the molecule is COc1cc2nccc(Oc3ccc(NC(=O)NN(C=O)c4cc(C)on4)cc3)c2cc1OC. The number of rotatable bonds is 8. The van der Waals surface area contributed by atoms with E-state index < -0.39 is 6.03 Å². The summed E-state index contributed by atoms with van der Waals surface area (Å²) in [6, 6.07) is 12.9. The number of aryl methyl sites for hydroxylation is 1. The standard InChI is InChI=1S/C23H21N5O6/c1-14-10-22(27-34-14)28(13-29)26-23(30)25-15-4-6-16(7-5-15)33-19-8-9-24-18-12-21(32-3)20(31-2)11-17(18)19/h4-13H,1-3H3,(H2,25,26,30). The summed E-state index contributed by atoms with van der Waals surface area (Å²) in [6.45, 7) is 1.67. The number of carbonyl (C=O) groups excluding carboxylic acids is 2. The van der Waals surface area contributed by atoms with Gasteiger partial charge in [0.15, 0.2) is 17.3 Å². The molecule has 0 atom stereocenters. The molecule has 11 heteroatoms. The average molecular weight is 463 g/mol. The highest BCUT2D eigenvalue weighted by Gasteiger charge is 2.14. The highest BCUT2D eigenvalue weighted by molar-refractivity contribution is 5.93. The van der Waals surface area contributed by atoms with Crippen molar-refractivity contribution in [1.82, 2.24) is 15.6 Å². The number of amides is 3. The second-order valence-electron chi connectivity index (χ2n) is 7.00. The minimum absolute atomic E-state index is 0.158. The van der Waals surface area contributed by atoms with Crippen molar-refractivity contribution < 1.29 is 28.3 Å². The molecule has 0 radical (unpaired) electrons. The number of aromatic nitrogens is 2. The van der Waals surface area contributed by atoms with Gasteiger partial charge in [0.2, 0.25) is 6.41 Å². The lowest BCUT2D eigenvalue weighted by Gasteiger charge is -2.15. The zero-order valence-electron chi connectivity index (χ0n) is 18.6. The Hall–Kier alpha value is -4.80. The molecule has 2 heterocycles. The molecule has 0 aliphatic carbocycles. The van der Waals surface area contributed by atoms with Crippen LogP contribution in [0.25, 0.3) is 10.9 Å². The molecule has 3 amide bonds. The summed E-state index contributed by atoms with van der Waals surface area (Å²) in [5.41, 5.74) is 3.54. The van der Waals surface area contributed by atoms with E-state index in [2.05, 4.69) is 20.9 Å². The maximum absolute atomic E-state index is 12.3. The van der Waals surface area contributed by atoms with Crippen molar-refractivity contribution in [1.29, 1.82) is 0 Å². The van der Waals surface area contributed by atoms with E-state index in [0.717, 1.165) is 10.4 Å². The van der Waals surface area contributed by atoms with Crippen molar-refractivity contribution in [3.05, 3.63) is 60.5 Å². The van der Waals surface area contributed by atoms with Gasteiger partial charge in [-0.05, 0) is 43.3 Å². The van der Waals surface area contributed by atoms with Crippen LogP contribution in [0.1, 0.15) is 5.76 Å². The Bertz CT molecular complexity index is 1320. The topological polar surface area (TPSA) is 128 Å². The number of hydrazine groups is 1. The molecule has 0 unspecified atom stereocenters. The predicted molar refractivity (Wildman–Crippen MR) is 123 cm³/mol. The number of anilines is 2. The second kappa shape index (κ2) is 9.77. The third-order valence-electron chi connectivity index (χ3n) is 4.74. The van der Waals surface area contributed by atoms with E-state index in [0.29, 0.717) is 46.4 Å². The molecule has 2 aromatic carbocycles. The van der Waals surface area contributed by atoms with Crippen LogP contribution >= 0.6 is 0 Å². The highest BCUT2D eigenvalue weighted by atomic mass is 16.5. The number of methoxy groups -OCH3 is 2. The molecule has 0 fully saturated rings. The van der Waals surface area contributed by atoms with Gasteiger partial charge in [-0.2, -0.15) is 0 Å². The zero-order chi connectivity index (χ0) is 24.1. The van der Waals surface area contributed by atoms with Crippen LogP contribution in [-0.4, -0.2) is 36.8 Å². The number of nitrogens with one attached hydrogen (secondary N) is 2. The number of pyridine rings is 1. The summed E-state index contributed by atoms with van der Waals surface area (Å²) in [4.78, 5) is 27.9. The maximum Gasteiger partial charge on any atom is 0.338 e. The Morgan fingerprint density at radius 1 is 1.03 bits per heavy atom. The molecule has 34 heavy (non-hydrogen) atoms. The summed E-state index contributed by atoms with van der Waals surface area (Å²) in [6.07, 6.45) is 2.05. The molecule has 4 rings (SSSR count). The van der Waals surface area contributed by atoms with Crippen molar-refractivity contribution in [2.24, 2.45) is 0 Å². The first-order valence-electron chi connectivity index (χ1n) is 10.0. The van der Waals surface area contributed by atoms with E-state index in [1.165, 1.54) is 6.07 Å².